The van der Waals surface area contributed by atoms with Crippen molar-refractivity contribution in [2.24, 2.45) is 12.2 Å². The number of benzene rings is 1. The van der Waals surface area contributed by atoms with Crippen molar-refractivity contribution in [3.8, 4) is 0 Å². The van der Waals surface area contributed by atoms with Gasteiger partial charge in [0.15, 0.2) is 5.82 Å². The Hall–Kier alpha value is -2.19. The van der Waals surface area contributed by atoms with Crippen LogP contribution in [0, 0.1) is 13.8 Å². The second-order valence-electron chi connectivity index (χ2n) is 4.83. The van der Waals surface area contributed by atoms with Crippen molar-refractivity contribution in [3.63, 3.8) is 0 Å². The highest BCUT2D eigenvalue weighted by Gasteiger charge is 2.21. The summed E-state index contributed by atoms with van der Waals surface area (Å²) in [6, 6.07) is 5.44. The first-order valence-electron chi connectivity index (χ1n) is 6.13. The number of hydrogen-bond donors (Lipinski definition) is 2. The molecular weight excluding hydrogens is 292 g/mol. The van der Waals surface area contributed by atoms with Crippen LogP contribution in [0.3, 0.4) is 0 Å². The second-order valence-corrected chi connectivity index (χ2v) is 6.36. The van der Waals surface area contributed by atoms with Gasteiger partial charge in [-0.2, -0.15) is 5.10 Å². The minimum Gasteiger partial charge on any atom is -0.304 e. The van der Waals surface area contributed by atoms with Crippen LogP contribution in [0.2, 0.25) is 0 Å². The average Bonchev–Trinajstić information content (AvgIpc) is 2.73. The van der Waals surface area contributed by atoms with Gasteiger partial charge in [-0.15, -0.1) is 0 Å². The molecule has 7 nitrogen and oxygen atoms in total. The van der Waals surface area contributed by atoms with Gasteiger partial charge < -0.3 is 5.32 Å². The number of aromatic nitrogens is 2. The van der Waals surface area contributed by atoms with Crippen LogP contribution >= 0.6 is 0 Å². The van der Waals surface area contributed by atoms with Crippen LogP contribution in [0.1, 0.15) is 21.5 Å². The van der Waals surface area contributed by atoms with E-state index in [0.717, 1.165) is 11.1 Å². The summed E-state index contributed by atoms with van der Waals surface area (Å²) >= 11 is 0. The van der Waals surface area contributed by atoms with E-state index < -0.39 is 15.9 Å². The highest BCUT2D eigenvalue weighted by Crippen LogP contribution is 2.19. The molecule has 3 N–H and O–H groups in total. The lowest BCUT2D eigenvalue weighted by atomic mass is 10.1. The Morgan fingerprint density at radius 2 is 2.00 bits per heavy atom. The molecule has 0 aliphatic heterocycles. The molecule has 1 amide bonds. The number of sulfonamides is 1. The van der Waals surface area contributed by atoms with Gasteiger partial charge in [-0.05, 0) is 25.5 Å². The van der Waals surface area contributed by atoms with Crippen molar-refractivity contribution >= 4 is 21.7 Å². The van der Waals surface area contributed by atoms with Gasteiger partial charge in [0.05, 0.1) is 0 Å². The summed E-state index contributed by atoms with van der Waals surface area (Å²) in [6.45, 7) is 3.67. The predicted molar refractivity (Wildman–Crippen MR) is 78.5 cm³/mol. The quantitative estimate of drug-likeness (QED) is 0.879. The van der Waals surface area contributed by atoms with Gasteiger partial charge in [0.25, 0.3) is 5.91 Å². The minimum absolute atomic E-state index is 0.0779. The van der Waals surface area contributed by atoms with Crippen molar-refractivity contribution in [1.29, 1.82) is 0 Å². The van der Waals surface area contributed by atoms with Gasteiger partial charge in [-0.1, -0.05) is 17.7 Å². The molecule has 0 aliphatic rings. The standard InChI is InChI=1S/C13H16N4O3S/c1-8-4-5-9(2)10(6-8)13(18)15-12-11(21(14,19)20)7-17(3)16-12/h4-7H,1-3H3,(H2,14,19,20)(H,15,16,18). The summed E-state index contributed by atoms with van der Waals surface area (Å²) in [6.07, 6.45) is 1.24. The van der Waals surface area contributed by atoms with E-state index in [1.54, 1.807) is 20.0 Å². The average molecular weight is 308 g/mol. The van der Waals surface area contributed by atoms with E-state index >= 15 is 0 Å². The summed E-state index contributed by atoms with van der Waals surface area (Å²) in [5.41, 5.74) is 2.17. The Bertz CT molecular complexity index is 809. The van der Waals surface area contributed by atoms with Gasteiger partial charge >= 0.3 is 0 Å². The van der Waals surface area contributed by atoms with Crippen LogP contribution in [0.4, 0.5) is 5.82 Å². The van der Waals surface area contributed by atoms with Crippen LogP contribution < -0.4 is 10.5 Å². The molecule has 0 bridgehead atoms. The number of rotatable bonds is 3. The van der Waals surface area contributed by atoms with Crippen molar-refractivity contribution in [3.05, 3.63) is 41.1 Å². The van der Waals surface area contributed by atoms with Crippen molar-refractivity contribution in [2.75, 3.05) is 5.32 Å². The number of aryl methyl sites for hydroxylation is 3. The molecule has 21 heavy (non-hydrogen) atoms. The van der Waals surface area contributed by atoms with E-state index in [0.29, 0.717) is 5.56 Å². The summed E-state index contributed by atoms with van der Waals surface area (Å²) in [5.74, 6) is -0.509. The molecule has 0 saturated carbocycles. The van der Waals surface area contributed by atoms with E-state index in [2.05, 4.69) is 10.4 Å². The van der Waals surface area contributed by atoms with Crippen molar-refractivity contribution in [1.82, 2.24) is 9.78 Å². The maximum Gasteiger partial charge on any atom is 0.257 e. The lowest BCUT2D eigenvalue weighted by molar-refractivity contribution is 0.102. The lowest BCUT2D eigenvalue weighted by Gasteiger charge is -2.07. The monoisotopic (exact) mass is 308 g/mol. The largest absolute Gasteiger partial charge is 0.304 e. The van der Waals surface area contributed by atoms with Crippen LogP contribution in [-0.2, 0) is 17.1 Å². The molecule has 112 valence electrons. The fraction of sp³-hybridized carbons (Fsp3) is 0.231. The molecule has 1 aromatic carbocycles. The van der Waals surface area contributed by atoms with E-state index in [1.807, 2.05) is 19.1 Å². The Labute approximate surface area is 122 Å². The molecule has 8 heteroatoms. The number of carbonyl (C=O) groups excluding carboxylic acids is 1. The molecule has 0 fully saturated rings. The molecule has 2 aromatic rings. The van der Waals surface area contributed by atoms with Crippen LogP contribution in [-0.4, -0.2) is 24.1 Å². The first-order chi connectivity index (χ1) is 9.68. The summed E-state index contributed by atoms with van der Waals surface area (Å²) < 4.78 is 24.2. The Balaban J connectivity index is 2.39. The highest BCUT2D eigenvalue weighted by molar-refractivity contribution is 7.89. The van der Waals surface area contributed by atoms with Gasteiger partial charge in [0, 0.05) is 18.8 Å². The number of nitrogens with zero attached hydrogens (tertiary/aromatic N) is 2. The number of primary sulfonamides is 1. The number of hydrogen-bond acceptors (Lipinski definition) is 4. The second kappa shape index (κ2) is 5.30. The fourth-order valence-corrected chi connectivity index (χ4v) is 2.58. The third-order valence-corrected chi connectivity index (χ3v) is 3.88. The van der Waals surface area contributed by atoms with E-state index in [9.17, 15) is 13.2 Å². The molecule has 0 unspecified atom stereocenters. The molecule has 1 heterocycles. The van der Waals surface area contributed by atoms with Crippen molar-refractivity contribution in [2.45, 2.75) is 18.7 Å². The molecule has 0 saturated heterocycles. The third-order valence-electron chi connectivity index (χ3n) is 2.97. The Kier molecular flexibility index (Phi) is 3.84. The number of anilines is 1. The molecule has 0 spiro atoms. The SMILES string of the molecule is Cc1ccc(C)c(C(=O)Nc2nn(C)cc2S(N)(=O)=O)c1. The number of amides is 1. The Morgan fingerprint density at radius 3 is 2.62 bits per heavy atom. The zero-order valence-electron chi connectivity index (χ0n) is 11.9. The highest BCUT2D eigenvalue weighted by atomic mass is 32.2. The first kappa shape index (κ1) is 15.2. The number of nitrogens with one attached hydrogen (secondary N) is 1. The third kappa shape index (κ3) is 3.29. The predicted octanol–water partition coefficient (Wildman–Crippen LogP) is 0.937. The molecular formula is C13H16N4O3S. The smallest absolute Gasteiger partial charge is 0.257 e. The maximum absolute atomic E-state index is 12.3. The van der Waals surface area contributed by atoms with Gasteiger partial charge in [-0.3, -0.25) is 9.48 Å². The summed E-state index contributed by atoms with van der Waals surface area (Å²) in [4.78, 5) is 12.1. The minimum atomic E-state index is -3.96. The fourth-order valence-electron chi connectivity index (χ4n) is 1.92. The maximum atomic E-state index is 12.3. The van der Waals surface area contributed by atoms with Crippen LogP contribution in [0.15, 0.2) is 29.3 Å². The van der Waals surface area contributed by atoms with Crippen LogP contribution in [0.5, 0.6) is 0 Å². The number of nitrogens with two attached hydrogens (primary N) is 1. The summed E-state index contributed by atoms with van der Waals surface area (Å²) in [5, 5.41) is 11.5. The lowest BCUT2D eigenvalue weighted by Crippen LogP contribution is -2.18. The normalized spacial score (nSPS) is 11.4. The number of carbonyl (C=O) groups is 1. The Morgan fingerprint density at radius 1 is 1.33 bits per heavy atom. The van der Waals surface area contributed by atoms with E-state index in [-0.39, 0.29) is 10.7 Å². The van der Waals surface area contributed by atoms with E-state index in [4.69, 9.17) is 5.14 Å². The van der Waals surface area contributed by atoms with Gasteiger partial charge in [0.1, 0.15) is 4.90 Å². The van der Waals surface area contributed by atoms with Crippen molar-refractivity contribution < 1.29 is 13.2 Å². The zero-order valence-corrected chi connectivity index (χ0v) is 12.7. The molecule has 2 rings (SSSR count). The first-order valence-corrected chi connectivity index (χ1v) is 7.68. The molecule has 0 atom stereocenters. The van der Waals surface area contributed by atoms with Gasteiger partial charge in [-0.25, -0.2) is 13.6 Å². The van der Waals surface area contributed by atoms with Crippen LogP contribution in [0.25, 0.3) is 0 Å². The summed E-state index contributed by atoms with van der Waals surface area (Å²) in [7, 11) is -2.41. The topological polar surface area (TPSA) is 107 Å². The van der Waals surface area contributed by atoms with Gasteiger partial charge in [0.2, 0.25) is 10.0 Å². The van der Waals surface area contributed by atoms with E-state index in [1.165, 1.54) is 10.9 Å². The molecule has 0 aliphatic carbocycles. The molecule has 0 radical (unpaired) electrons. The zero-order chi connectivity index (χ0) is 15.8. The molecule has 1 aromatic heterocycles.